The van der Waals surface area contributed by atoms with E-state index in [9.17, 15) is 4.79 Å². The molecule has 118 valence electrons. The van der Waals surface area contributed by atoms with Crippen LogP contribution >= 0.6 is 11.8 Å². The van der Waals surface area contributed by atoms with E-state index in [0.29, 0.717) is 22.4 Å². The summed E-state index contributed by atoms with van der Waals surface area (Å²) in [7, 11) is 0. The van der Waals surface area contributed by atoms with Crippen molar-refractivity contribution < 1.29 is 0 Å². The Kier molecular flexibility index (Phi) is 4.24. The average molecular weight is 328 g/mol. The van der Waals surface area contributed by atoms with Crippen LogP contribution in [0.25, 0.3) is 5.69 Å². The van der Waals surface area contributed by atoms with Gasteiger partial charge in [0.15, 0.2) is 11.0 Å². The molecule has 0 aliphatic carbocycles. The number of nitrogens with one attached hydrogen (secondary N) is 1. The fourth-order valence-electron chi connectivity index (χ4n) is 2.28. The van der Waals surface area contributed by atoms with Crippen molar-refractivity contribution in [3.8, 4) is 5.69 Å². The zero-order chi connectivity index (χ0) is 16.4. The third-order valence-corrected chi connectivity index (χ3v) is 4.17. The molecule has 0 radical (unpaired) electrons. The van der Waals surface area contributed by atoms with Crippen LogP contribution < -0.4 is 5.56 Å². The van der Waals surface area contributed by atoms with Crippen molar-refractivity contribution >= 4 is 11.8 Å². The molecule has 23 heavy (non-hydrogen) atoms. The number of rotatable bonds is 4. The summed E-state index contributed by atoms with van der Waals surface area (Å²) in [5.41, 5.74) is 3.77. The van der Waals surface area contributed by atoms with Crippen LogP contribution in [0.4, 0.5) is 0 Å². The van der Waals surface area contributed by atoms with Crippen molar-refractivity contribution in [1.29, 1.82) is 0 Å². The highest BCUT2D eigenvalue weighted by molar-refractivity contribution is 7.98. The molecule has 0 saturated carbocycles. The van der Waals surface area contributed by atoms with Crippen molar-refractivity contribution in [3.05, 3.63) is 57.3 Å². The van der Waals surface area contributed by atoms with Gasteiger partial charge in [-0.3, -0.25) is 4.79 Å². The van der Waals surface area contributed by atoms with Crippen LogP contribution in [0, 0.1) is 20.8 Å². The highest BCUT2D eigenvalue weighted by Crippen LogP contribution is 2.20. The molecule has 3 rings (SSSR count). The second-order valence-electron chi connectivity index (χ2n) is 5.28. The molecule has 0 unspecified atom stereocenters. The Morgan fingerprint density at radius 1 is 1.22 bits per heavy atom. The molecule has 0 fully saturated rings. The Labute approximate surface area is 137 Å². The van der Waals surface area contributed by atoms with E-state index in [-0.39, 0.29) is 5.56 Å². The molecule has 0 bridgehead atoms. The second kappa shape index (κ2) is 6.33. The molecule has 0 amide bonds. The van der Waals surface area contributed by atoms with Gasteiger partial charge in [-0.15, -0.1) is 5.10 Å². The van der Waals surface area contributed by atoms with Gasteiger partial charge in [0.05, 0.1) is 11.4 Å². The fourth-order valence-corrected chi connectivity index (χ4v) is 3.11. The maximum Gasteiger partial charge on any atom is 0.251 e. The normalized spacial score (nSPS) is 10.9. The number of hydrogen-bond donors (Lipinski definition) is 1. The maximum absolute atomic E-state index is 11.5. The van der Waals surface area contributed by atoms with Gasteiger partial charge in [0, 0.05) is 11.8 Å². The zero-order valence-electron chi connectivity index (χ0n) is 13.1. The van der Waals surface area contributed by atoms with E-state index in [1.807, 2.05) is 26.0 Å². The number of aromatic amines is 1. The van der Waals surface area contributed by atoms with Crippen LogP contribution in [-0.4, -0.2) is 30.2 Å². The second-order valence-corrected chi connectivity index (χ2v) is 6.24. The summed E-state index contributed by atoms with van der Waals surface area (Å²) >= 11 is 1.39. The minimum absolute atomic E-state index is 0.158. The molecule has 1 N–H and O–H groups in total. The highest BCUT2D eigenvalue weighted by atomic mass is 32.2. The molecule has 1 aromatic carbocycles. The van der Waals surface area contributed by atoms with Crippen molar-refractivity contribution in [3.63, 3.8) is 0 Å². The number of benzene rings is 1. The molecule has 3 aromatic rings. The molecule has 0 saturated heterocycles. The highest BCUT2D eigenvalue weighted by Gasteiger charge is 2.12. The molecule has 0 aliphatic heterocycles. The van der Waals surface area contributed by atoms with E-state index in [4.69, 9.17) is 0 Å². The summed E-state index contributed by atoms with van der Waals surface area (Å²) in [6, 6.07) is 7.58. The van der Waals surface area contributed by atoms with Crippen LogP contribution in [0.5, 0.6) is 0 Å². The van der Waals surface area contributed by atoms with E-state index < -0.39 is 0 Å². The third-order valence-electron chi connectivity index (χ3n) is 3.30. The fraction of sp³-hybridized carbons (Fsp3) is 0.267. The Hall–Kier alpha value is -2.48. The predicted octanol–water partition coefficient (Wildman–Crippen LogP) is 1.96. The van der Waals surface area contributed by atoms with Gasteiger partial charge in [-0.2, -0.15) is 4.68 Å². The lowest BCUT2D eigenvalue weighted by Crippen LogP contribution is -2.09. The van der Waals surface area contributed by atoms with Crippen LogP contribution in [0.3, 0.4) is 0 Å². The Morgan fingerprint density at radius 3 is 2.78 bits per heavy atom. The number of thioether (sulfide) groups is 1. The van der Waals surface area contributed by atoms with Crippen molar-refractivity contribution in [2.75, 3.05) is 0 Å². The van der Waals surface area contributed by atoms with Gasteiger partial charge in [0.2, 0.25) is 0 Å². The monoisotopic (exact) mass is 328 g/mol. The third kappa shape index (κ3) is 3.48. The SMILES string of the molecule is Cc1ccc(-n2nnnc2CSc2nc(C)cc(=O)[nH]2)c(C)c1. The largest absolute Gasteiger partial charge is 0.301 e. The predicted molar refractivity (Wildman–Crippen MR) is 87.8 cm³/mol. The molecule has 2 aromatic heterocycles. The first-order valence-corrected chi connectivity index (χ1v) is 8.07. The van der Waals surface area contributed by atoms with Gasteiger partial charge in [-0.05, 0) is 42.8 Å². The molecule has 0 atom stereocenters. The maximum atomic E-state index is 11.5. The molecule has 0 spiro atoms. The zero-order valence-corrected chi connectivity index (χ0v) is 13.9. The van der Waals surface area contributed by atoms with E-state index in [2.05, 4.69) is 31.6 Å². The first-order valence-electron chi connectivity index (χ1n) is 7.08. The quantitative estimate of drug-likeness (QED) is 0.582. The lowest BCUT2D eigenvalue weighted by molar-refractivity contribution is 0.772. The number of hydrogen-bond acceptors (Lipinski definition) is 6. The minimum Gasteiger partial charge on any atom is -0.301 e. The molecular formula is C15H16N6OS. The van der Waals surface area contributed by atoms with Crippen LogP contribution in [0.2, 0.25) is 0 Å². The first kappa shape index (κ1) is 15.4. The van der Waals surface area contributed by atoms with Gasteiger partial charge < -0.3 is 4.98 Å². The van der Waals surface area contributed by atoms with E-state index in [1.165, 1.54) is 23.4 Å². The number of H-pyrrole nitrogens is 1. The molecule has 0 aliphatic rings. The van der Waals surface area contributed by atoms with Gasteiger partial charge in [-0.1, -0.05) is 29.5 Å². The van der Waals surface area contributed by atoms with Crippen molar-refractivity contribution in [2.24, 2.45) is 0 Å². The lowest BCUT2D eigenvalue weighted by atomic mass is 10.1. The Morgan fingerprint density at radius 2 is 2.04 bits per heavy atom. The molecular weight excluding hydrogens is 312 g/mol. The summed E-state index contributed by atoms with van der Waals surface area (Å²) in [5.74, 6) is 1.21. The van der Waals surface area contributed by atoms with Crippen molar-refractivity contribution in [2.45, 2.75) is 31.7 Å². The molecule has 2 heterocycles. The number of nitrogens with zero attached hydrogens (tertiary/aromatic N) is 5. The number of aryl methyl sites for hydroxylation is 3. The Bertz CT molecular complexity index is 901. The lowest BCUT2D eigenvalue weighted by Gasteiger charge is -2.08. The van der Waals surface area contributed by atoms with E-state index in [0.717, 1.165) is 11.3 Å². The summed E-state index contributed by atoms with van der Waals surface area (Å²) in [4.78, 5) is 18.5. The topological polar surface area (TPSA) is 89.3 Å². The van der Waals surface area contributed by atoms with Crippen LogP contribution in [0.15, 0.2) is 34.2 Å². The van der Waals surface area contributed by atoms with E-state index >= 15 is 0 Å². The standard InChI is InChI=1S/C15H16N6OS/c1-9-4-5-12(10(2)6-9)21-13(18-19-20-21)8-23-15-16-11(3)7-14(22)17-15/h4-7H,8H2,1-3H3,(H,16,17,22). The van der Waals surface area contributed by atoms with Gasteiger partial charge >= 0.3 is 0 Å². The number of tetrazole rings is 1. The van der Waals surface area contributed by atoms with Gasteiger partial charge in [0.1, 0.15) is 0 Å². The molecule has 8 heteroatoms. The summed E-state index contributed by atoms with van der Waals surface area (Å²) in [5, 5.41) is 12.5. The molecule has 7 nitrogen and oxygen atoms in total. The van der Waals surface area contributed by atoms with E-state index in [1.54, 1.807) is 11.6 Å². The van der Waals surface area contributed by atoms with Crippen molar-refractivity contribution in [1.82, 2.24) is 30.2 Å². The minimum atomic E-state index is -0.158. The van der Waals surface area contributed by atoms with Gasteiger partial charge in [0.25, 0.3) is 5.56 Å². The van der Waals surface area contributed by atoms with Crippen LogP contribution in [0.1, 0.15) is 22.6 Å². The van der Waals surface area contributed by atoms with Gasteiger partial charge in [-0.25, -0.2) is 4.98 Å². The Balaban J connectivity index is 1.85. The summed E-state index contributed by atoms with van der Waals surface area (Å²) in [6.45, 7) is 5.87. The summed E-state index contributed by atoms with van der Waals surface area (Å²) in [6.07, 6.45) is 0. The first-order chi connectivity index (χ1) is 11.0. The summed E-state index contributed by atoms with van der Waals surface area (Å²) < 4.78 is 1.72. The number of aromatic nitrogens is 6. The smallest absolute Gasteiger partial charge is 0.251 e. The van der Waals surface area contributed by atoms with Crippen LogP contribution in [-0.2, 0) is 5.75 Å². The average Bonchev–Trinajstić information content (AvgIpc) is 2.92.